The first-order valence-corrected chi connectivity index (χ1v) is 7.92. The molecule has 24 heavy (non-hydrogen) atoms. The van der Waals surface area contributed by atoms with Crippen molar-refractivity contribution < 1.29 is 9.59 Å². The summed E-state index contributed by atoms with van der Waals surface area (Å²) in [6.45, 7) is 3.86. The van der Waals surface area contributed by atoms with E-state index in [9.17, 15) is 9.59 Å². The molecule has 0 spiro atoms. The van der Waals surface area contributed by atoms with Gasteiger partial charge in [-0.25, -0.2) is 0 Å². The van der Waals surface area contributed by atoms with Gasteiger partial charge in [-0.3, -0.25) is 14.5 Å². The zero-order valence-electron chi connectivity index (χ0n) is 13.4. The quantitative estimate of drug-likeness (QED) is 0.531. The van der Waals surface area contributed by atoms with Gasteiger partial charge in [-0.15, -0.1) is 0 Å². The zero-order valence-corrected chi connectivity index (χ0v) is 14.2. The summed E-state index contributed by atoms with van der Waals surface area (Å²) in [4.78, 5) is 26.4. The average molecular weight is 336 g/mol. The first-order chi connectivity index (χ1) is 11.5. The molecular formula is C19H16N2O2S. The highest BCUT2D eigenvalue weighted by Crippen LogP contribution is 2.24. The number of thiocarbonyl (C=S) groups is 1. The Bertz CT molecular complexity index is 869. The first kappa shape index (κ1) is 16.1. The molecule has 5 heteroatoms. The van der Waals surface area contributed by atoms with E-state index in [1.54, 1.807) is 12.1 Å². The lowest BCUT2D eigenvalue weighted by atomic mass is 10.1. The zero-order chi connectivity index (χ0) is 17.3. The number of carbonyl (C=O) groups excluding carboxylic acids is 2. The lowest BCUT2D eigenvalue weighted by molar-refractivity contribution is -0.113. The number of anilines is 1. The fourth-order valence-corrected chi connectivity index (χ4v) is 2.79. The average Bonchev–Trinajstić information content (AvgIpc) is 2.83. The number of carbonyl (C=O) groups is 2. The van der Waals surface area contributed by atoms with Crippen LogP contribution in [0.4, 0.5) is 5.69 Å². The molecule has 1 fully saturated rings. The number of hydrogen-bond donors (Lipinski definition) is 1. The van der Waals surface area contributed by atoms with Gasteiger partial charge in [0, 0.05) is 11.6 Å². The molecule has 1 aliphatic heterocycles. The third-order valence-electron chi connectivity index (χ3n) is 3.85. The van der Waals surface area contributed by atoms with Crippen LogP contribution in [-0.4, -0.2) is 16.8 Å². The fraction of sp³-hybridized carbons (Fsp3) is 0.105. The Labute approximate surface area is 145 Å². The van der Waals surface area contributed by atoms with Crippen molar-refractivity contribution in [2.45, 2.75) is 13.8 Å². The molecule has 0 unspecified atom stereocenters. The summed E-state index contributed by atoms with van der Waals surface area (Å²) in [6.07, 6.45) is 1.30. The van der Waals surface area contributed by atoms with Gasteiger partial charge in [0.25, 0.3) is 5.91 Å². The smallest absolute Gasteiger partial charge is 0.281 e. The second-order valence-corrected chi connectivity index (χ2v) is 6.03. The summed E-state index contributed by atoms with van der Waals surface area (Å²) >= 11 is 5.26. The van der Waals surface area contributed by atoms with Crippen LogP contribution in [0.1, 0.15) is 21.5 Å². The highest BCUT2D eigenvalue weighted by Gasteiger charge is 2.33. The highest BCUT2D eigenvalue weighted by molar-refractivity contribution is 7.80. The van der Waals surface area contributed by atoms with Crippen LogP contribution >= 0.6 is 12.2 Å². The van der Waals surface area contributed by atoms with E-state index >= 15 is 0 Å². The lowest BCUT2D eigenvalue weighted by Gasteiger charge is -2.16. The number of benzene rings is 2. The summed E-state index contributed by atoms with van der Waals surface area (Å²) in [6, 6.07) is 14.7. The van der Waals surface area contributed by atoms with Gasteiger partial charge >= 0.3 is 0 Å². The molecule has 1 N–H and O–H groups in total. The molecule has 0 atom stereocenters. The Balaban J connectivity index is 1.90. The number of aryl methyl sites for hydroxylation is 2. The molecule has 2 aromatic rings. The second kappa shape index (κ2) is 6.37. The summed E-state index contributed by atoms with van der Waals surface area (Å²) in [5.41, 5.74) is 3.44. The van der Waals surface area contributed by atoms with Crippen LogP contribution in [0.3, 0.4) is 0 Å². The normalized spacial score (nSPS) is 15.8. The van der Waals surface area contributed by atoms with Gasteiger partial charge in [0.05, 0.1) is 5.69 Å². The van der Waals surface area contributed by atoms with Gasteiger partial charge in [-0.2, -0.15) is 0 Å². The van der Waals surface area contributed by atoms with Crippen molar-refractivity contribution in [2.24, 2.45) is 0 Å². The Morgan fingerprint density at radius 3 is 2.42 bits per heavy atom. The number of amides is 1. The van der Waals surface area contributed by atoms with Gasteiger partial charge in [0.15, 0.2) is 10.9 Å². The van der Waals surface area contributed by atoms with Crippen molar-refractivity contribution in [3.63, 3.8) is 0 Å². The maximum Gasteiger partial charge on any atom is 0.281 e. The van der Waals surface area contributed by atoms with E-state index in [1.807, 2.05) is 50.2 Å². The Hall–Kier alpha value is -2.79. The minimum atomic E-state index is -0.324. The SMILES string of the molecule is Cc1ccc(C(=O)/C=C2\NC(=S)N(c3ccccc3C)C2=O)cc1. The third kappa shape index (κ3) is 2.98. The number of allylic oxidation sites excluding steroid dienone is 1. The van der Waals surface area contributed by atoms with Crippen molar-refractivity contribution in [2.75, 3.05) is 4.90 Å². The molecule has 1 heterocycles. The maximum atomic E-state index is 12.6. The molecule has 0 bridgehead atoms. The second-order valence-electron chi connectivity index (χ2n) is 5.65. The Morgan fingerprint density at radius 1 is 1.08 bits per heavy atom. The van der Waals surface area contributed by atoms with E-state index in [4.69, 9.17) is 12.2 Å². The molecule has 1 aliphatic rings. The van der Waals surface area contributed by atoms with Crippen molar-refractivity contribution in [1.82, 2.24) is 5.32 Å². The summed E-state index contributed by atoms with van der Waals surface area (Å²) in [5, 5.41) is 3.11. The molecule has 3 rings (SSSR count). The summed E-state index contributed by atoms with van der Waals surface area (Å²) in [7, 11) is 0. The Kier molecular flexibility index (Phi) is 4.27. The van der Waals surface area contributed by atoms with Gasteiger partial charge in [0.1, 0.15) is 5.70 Å². The minimum absolute atomic E-state index is 0.189. The van der Waals surface area contributed by atoms with Crippen molar-refractivity contribution in [3.05, 3.63) is 77.0 Å². The number of nitrogens with zero attached hydrogens (tertiary/aromatic N) is 1. The largest absolute Gasteiger partial charge is 0.327 e. The van der Waals surface area contributed by atoms with Gasteiger partial charge in [0.2, 0.25) is 0 Å². The Morgan fingerprint density at radius 2 is 1.75 bits per heavy atom. The van der Waals surface area contributed by atoms with Crippen LogP contribution < -0.4 is 10.2 Å². The van der Waals surface area contributed by atoms with Crippen molar-refractivity contribution in [1.29, 1.82) is 0 Å². The topological polar surface area (TPSA) is 49.4 Å². The maximum absolute atomic E-state index is 12.6. The van der Waals surface area contributed by atoms with Crippen LogP contribution in [-0.2, 0) is 4.79 Å². The van der Waals surface area contributed by atoms with Crippen LogP contribution in [0.2, 0.25) is 0 Å². The molecule has 2 aromatic carbocycles. The molecular weight excluding hydrogens is 320 g/mol. The number of hydrogen-bond acceptors (Lipinski definition) is 3. The van der Waals surface area contributed by atoms with E-state index in [1.165, 1.54) is 11.0 Å². The predicted octanol–water partition coefficient (Wildman–Crippen LogP) is 3.29. The monoisotopic (exact) mass is 336 g/mol. The minimum Gasteiger partial charge on any atom is -0.327 e. The third-order valence-corrected chi connectivity index (χ3v) is 4.13. The number of nitrogens with one attached hydrogen (secondary N) is 1. The standard InChI is InChI=1S/C19H16N2O2S/c1-12-7-9-14(10-8-12)17(22)11-15-18(23)21(19(24)20-15)16-6-4-3-5-13(16)2/h3-11H,1-2H3,(H,20,24)/b15-11-. The van der Waals surface area contributed by atoms with E-state index in [-0.39, 0.29) is 22.5 Å². The van der Waals surface area contributed by atoms with E-state index < -0.39 is 0 Å². The van der Waals surface area contributed by atoms with E-state index in [0.717, 1.165) is 11.1 Å². The summed E-state index contributed by atoms with van der Waals surface area (Å²) in [5.74, 6) is -0.560. The van der Waals surface area contributed by atoms with Crippen LogP contribution in [0.15, 0.2) is 60.3 Å². The molecule has 0 radical (unpaired) electrons. The molecule has 0 aliphatic carbocycles. The van der Waals surface area contributed by atoms with E-state index in [0.29, 0.717) is 11.3 Å². The van der Waals surface area contributed by atoms with Crippen molar-refractivity contribution in [3.8, 4) is 0 Å². The molecule has 0 saturated carbocycles. The molecule has 0 aromatic heterocycles. The molecule has 1 amide bonds. The number of rotatable bonds is 3. The van der Waals surface area contributed by atoms with Gasteiger partial charge in [-0.05, 0) is 37.7 Å². The number of ketones is 1. The highest BCUT2D eigenvalue weighted by atomic mass is 32.1. The van der Waals surface area contributed by atoms with Crippen LogP contribution in [0, 0.1) is 13.8 Å². The molecule has 4 nitrogen and oxygen atoms in total. The predicted molar refractivity (Wildman–Crippen MR) is 98.0 cm³/mol. The lowest BCUT2D eigenvalue weighted by Crippen LogP contribution is -2.30. The molecule has 120 valence electrons. The van der Waals surface area contributed by atoms with Gasteiger partial charge in [-0.1, -0.05) is 48.0 Å². The van der Waals surface area contributed by atoms with E-state index in [2.05, 4.69) is 5.32 Å². The summed E-state index contributed by atoms with van der Waals surface area (Å²) < 4.78 is 0. The van der Waals surface area contributed by atoms with Crippen LogP contribution in [0.5, 0.6) is 0 Å². The number of para-hydroxylation sites is 1. The first-order valence-electron chi connectivity index (χ1n) is 7.51. The fourth-order valence-electron chi connectivity index (χ4n) is 2.50. The van der Waals surface area contributed by atoms with Crippen LogP contribution in [0.25, 0.3) is 0 Å². The molecule has 1 saturated heterocycles. The van der Waals surface area contributed by atoms with Gasteiger partial charge < -0.3 is 5.32 Å². The van der Waals surface area contributed by atoms with Crippen molar-refractivity contribution >= 4 is 34.7 Å².